The summed E-state index contributed by atoms with van der Waals surface area (Å²) in [5, 5.41) is 18.3. The molecule has 0 spiro atoms. The molecule has 116 valence electrons. The van der Waals surface area contributed by atoms with Crippen molar-refractivity contribution in [2.24, 2.45) is 7.05 Å². The summed E-state index contributed by atoms with van der Waals surface area (Å²) in [6, 6.07) is 5.75. The fourth-order valence-electron chi connectivity index (χ4n) is 2.53. The molecule has 2 N–H and O–H groups in total. The molecule has 3 heterocycles. The van der Waals surface area contributed by atoms with Gasteiger partial charge in [0.05, 0.1) is 0 Å². The maximum absolute atomic E-state index is 11.4. The van der Waals surface area contributed by atoms with Crippen molar-refractivity contribution in [1.29, 1.82) is 0 Å². The van der Waals surface area contributed by atoms with E-state index >= 15 is 0 Å². The molecule has 8 heteroatoms. The molecule has 8 nitrogen and oxygen atoms in total. The van der Waals surface area contributed by atoms with Crippen molar-refractivity contribution in [1.82, 2.24) is 25.3 Å². The van der Waals surface area contributed by atoms with E-state index in [0.29, 0.717) is 17.6 Å². The fourth-order valence-corrected chi connectivity index (χ4v) is 2.53. The SMILES string of the molecule is CNC(=O)c1ccc(NC2CCN(c3ccn(C)n3)C2)nn1. The minimum Gasteiger partial charge on any atom is -0.364 e. The van der Waals surface area contributed by atoms with Crippen LogP contribution in [0.4, 0.5) is 11.6 Å². The summed E-state index contributed by atoms with van der Waals surface area (Å²) in [4.78, 5) is 13.7. The van der Waals surface area contributed by atoms with Crippen molar-refractivity contribution in [3.8, 4) is 0 Å². The Morgan fingerprint density at radius 1 is 1.32 bits per heavy atom. The number of nitrogens with one attached hydrogen (secondary N) is 2. The minimum atomic E-state index is -0.235. The van der Waals surface area contributed by atoms with Crippen LogP contribution in [-0.4, -0.2) is 52.1 Å². The van der Waals surface area contributed by atoms with Gasteiger partial charge >= 0.3 is 0 Å². The van der Waals surface area contributed by atoms with Crippen LogP contribution in [0.1, 0.15) is 16.9 Å². The second-order valence-electron chi connectivity index (χ2n) is 5.31. The molecule has 0 radical (unpaired) electrons. The van der Waals surface area contributed by atoms with Crippen LogP contribution in [0.3, 0.4) is 0 Å². The number of anilines is 2. The number of aromatic nitrogens is 4. The van der Waals surface area contributed by atoms with Gasteiger partial charge in [-0.05, 0) is 18.6 Å². The third-order valence-corrected chi connectivity index (χ3v) is 3.69. The normalized spacial score (nSPS) is 17.5. The topological polar surface area (TPSA) is 88.0 Å². The highest BCUT2D eigenvalue weighted by molar-refractivity contribution is 5.91. The zero-order chi connectivity index (χ0) is 15.5. The molecule has 1 saturated heterocycles. The van der Waals surface area contributed by atoms with Gasteiger partial charge < -0.3 is 15.5 Å². The lowest BCUT2D eigenvalue weighted by molar-refractivity contribution is 0.0957. The lowest BCUT2D eigenvalue weighted by Gasteiger charge is -2.16. The highest BCUT2D eigenvalue weighted by atomic mass is 16.1. The Morgan fingerprint density at radius 3 is 2.82 bits per heavy atom. The van der Waals surface area contributed by atoms with E-state index in [1.807, 2.05) is 19.3 Å². The average Bonchev–Trinajstić information content (AvgIpc) is 3.16. The molecular formula is C14H19N7O. The molecule has 1 fully saturated rings. The number of carbonyl (C=O) groups excluding carboxylic acids is 1. The largest absolute Gasteiger partial charge is 0.364 e. The monoisotopic (exact) mass is 301 g/mol. The summed E-state index contributed by atoms with van der Waals surface area (Å²) < 4.78 is 1.80. The first-order valence-electron chi connectivity index (χ1n) is 7.22. The molecule has 1 aliphatic heterocycles. The number of hydrogen-bond donors (Lipinski definition) is 2. The van der Waals surface area contributed by atoms with E-state index in [0.717, 1.165) is 25.3 Å². The molecule has 1 aliphatic rings. The number of nitrogens with zero attached hydrogens (tertiary/aromatic N) is 5. The molecule has 0 bridgehead atoms. The number of aryl methyl sites for hydroxylation is 1. The zero-order valence-electron chi connectivity index (χ0n) is 12.7. The summed E-state index contributed by atoms with van der Waals surface area (Å²) in [5.74, 6) is 1.44. The first-order valence-corrected chi connectivity index (χ1v) is 7.22. The maximum Gasteiger partial charge on any atom is 0.271 e. The van der Waals surface area contributed by atoms with Crippen molar-refractivity contribution in [2.75, 3.05) is 30.4 Å². The van der Waals surface area contributed by atoms with Crippen LogP contribution >= 0.6 is 0 Å². The van der Waals surface area contributed by atoms with Crippen LogP contribution < -0.4 is 15.5 Å². The zero-order valence-corrected chi connectivity index (χ0v) is 12.7. The van der Waals surface area contributed by atoms with Crippen molar-refractivity contribution in [3.63, 3.8) is 0 Å². The molecule has 1 unspecified atom stereocenters. The van der Waals surface area contributed by atoms with E-state index in [9.17, 15) is 4.79 Å². The molecule has 0 aromatic carbocycles. The Labute approximate surface area is 128 Å². The first-order chi connectivity index (χ1) is 10.7. The summed E-state index contributed by atoms with van der Waals surface area (Å²) in [6.45, 7) is 1.83. The first kappa shape index (κ1) is 14.3. The van der Waals surface area contributed by atoms with Crippen LogP contribution in [0.15, 0.2) is 24.4 Å². The molecule has 0 saturated carbocycles. The number of hydrogen-bond acceptors (Lipinski definition) is 6. The van der Waals surface area contributed by atoms with E-state index in [1.165, 1.54) is 0 Å². The second-order valence-corrected chi connectivity index (χ2v) is 5.31. The van der Waals surface area contributed by atoms with E-state index in [4.69, 9.17) is 0 Å². The van der Waals surface area contributed by atoms with Gasteiger partial charge in [-0.25, -0.2) is 0 Å². The second kappa shape index (κ2) is 6.00. The Morgan fingerprint density at radius 2 is 2.18 bits per heavy atom. The van der Waals surface area contributed by atoms with Gasteiger partial charge in [0.1, 0.15) is 5.82 Å². The summed E-state index contributed by atoms with van der Waals surface area (Å²) in [5.41, 5.74) is 0.314. The molecule has 1 atom stereocenters. The number of carbonyl (C=O) groups is 1. The van der Waals surface area contributed by atoms with E-state index in [1.54, 1.807) is 23.9 Å². The van der Waals surface area contributed by atoms with Gasteiger partial charge in [-0.2, -0.15) is 5.10 Å². The van der Waals surface area contributed by atoms with Crippen LogP contribution in [0.2, 0.25) is 0 Å². The predicted molar refractivity (Wildman–Crippen MR) is 82.9 cm³/mol. The van der Waals surface area contributed by atoms with Gasteiger partial charge in [0.25, 0.3) is 5.91 Å². The highest BCUT2D eigenvalue weighted by Gasteiger charge is 2.24. The maximum atomic E-state index is 11.4. The van der Waals surface area contributed by atoms with Crippen molar-refractivity contribution < 1.29 is 4.79 Å². The molecule has 2 aromatic rings. The van der Waals surface area contributed by atoms with Crippen LogP contribution in [0.5, 0.6) is 0 Å². The Bertz CT molecular complexity index is 651. The van der Waals surface area contributed by atoms with Crippen LogP contribution in [0.25, 0.3) is 0 Å². The van der Waals surface area contributed by atoms with E-state index in [2.05, 4.69) is 30.8 Å². The lowest BCUT2D eigenvalue weighted by Crippen LogP contribution is -2.27. The molecule has 2 aromatic heterocycles. The van der Waals surface area contributed by atoms with Crippen molar-refractivity contribution in [2.45, 2.75) is 12.5 Å². The van der Waals surface area contributed by atoms with Gasteiger partial charge in [0.2, 0.25) is 0 Å². The van der Waals surface area contributed by atoms with Gasteiger partial charge in [-0.3, -0.25) is 9.48 Å². The molecule has 22 heavy (non-hydrogen) atoms. The number of rotatable bonds is 4. The third-order valence-electron chi connectivity index (χ3n) is 3.69. The third kappa shape index (κ3) is 3.00. The fraction of sp³-hybridized carbons (Fsp3) is 0.429. The average molecular weight is 301 g/mol. The van der Waals surface area contributed by atoms with Crippen molar-refractivity contribution in [3.05, 3.63) is 30.1 Å². The quantitative estimate of drug-likeness (QED) is 0.842. The van der Waals surface area contributed by atoms with Gasteiger partial charge in [0.15, 0.2) is 11.5 Å². The summed E-state index contributed by atoms with van der Waals surface area (Å²) in [7, 11) is 3.49. The summed E-state index contributed by atoms with van der Waals surface area (Å²) in [6.07, 6.45) is 2.95. The van der Waals surface area contributed by atoms with Crippen LogP contribution in [-0.2, 0) is 7.05 Å². The Hall–Kier alpha value is -2.64. The van der Waals surface area contributed by atoms with Gasteiger partial charge in [0, 0.05) is 45.5 Å². The highest BCUT2D eigenvalue weighted by Crippen LogP contribution is 2.19. The van der Waals surface area contributed by atoms with E-state index in [-0.39, 0.29) is 5.91 Å². The molecule has 1 amide bonds. The smallest absolute Gasteiger partial charge is 0.271 e. The van der Waals surface area contributed by atoms with E-state index < -0.39 is 0 Å². The van der Waals surface area contributed by atoms with Crippen molar-refractivity contribution >= 4 is 17.5 Å². The van der Waals surface area contributed by atoms with Gasteiger partial charge in [-0.15, -0.1) is 10.2 Å². The molecular weight excluding hydrogens is 282 g/mol. The van der Waals surface area contributed by atoms with Crippen LogP contribution in [0, 0.1) is 0 Å². The molecule has 0 aliphatic carbocycles. The van der Waals surface area contributed by atoms with Gasteiger partial charge in [-0.1, -0.05) is 0 Å². The Kier molecular flexibility index (Phi) is 3.90. The summed E-state index contributed by atoms with van der Waals surface area (Å²) >= 11 is 0. The number of amides is 1. The lowest BCUT2D eigenvalue weighted by atomic mass is 10.2. The molecule has 3 rings (SSSR count). The predicted octanol–water partition coefficient (Wildman–Crippen LogP) is 0.260. The minimum absolute atomic E-state index is 0.235. The Balaban J connectivity index is 1.59. The standard InChI is InChI=1S/C14H19N7O/c1-15-14(22)11-3-4-12(18-17-11)16-10-5-8-21(9-10)13-6-7-20(2)19-13/h3-4,6-7,10H,5,8-9H2,1-2H3,(H,15,22)(H,16,18).